The summed E-state index contributed by atoms with van der Waals surface area (Å²) in [6.07, 6.45) is 1.29. The summed E-state index contributed by atoms with van der Waals surface area (Å²) in [7, 11) is 1.67. The van der Waals surface area contributed by atoms with Crippen LogP contribution in [0.25, 0.3) is 0 Å². The first-order chi connectivity index (χ1) is 14.5. The van der Waals surface area contributed by atoms with E-state index in [4.69, 9.17) is 16.6 Å². The maximum Gasteiger partial charge on any atom is 0.325 e. The molecule has 2 aliphatic heterocycles. The molecular weight excluding hydrogens is 402 g/mol. The van der Waals surface area contributed by atoms with E-state index in [2.05, 4.69) is 22.8 Å². The van der Waals surface area contributed by atoms with Gasteiger partial charge in [-0.05, 0) is 30.0 Å². The van der Waals surface area contributed by atoms with E-state index in [1.54, 1.807) is 7.05 Å². The Morgan fingerprint density at radius 1 is 1.07 bits per heavy atom. The average Bonchev–Trinajstić information content (AvgIpc) is 3.11. The van der Waals surface area contributed by atoms with Crippen molar-refractivity contribution in [3.8, 4) is 0 Å². The van der Waals surface area contributed by atoms with E-state index in [9.17, 15) is 9.59 Å². The van der Waals surface area contributed by atoms with Gasteiger partial charge >= 0.3 is 6.03 Å². The van der Waals surface area contributed by atoms with Crippen molar-refractivity contribution in [2.24, 2.45) is 4.99 Å². The van der Waals surface area contributed by atoms with Crippen LogP contribution in [0.5, 0.6) is 0 Å². The van der Waals surface area contributed by atoms with Gasteiger partial charge in [0.1, 0.15) is 6.17 Å². The predicted molar refractivity (Wildman–Crippen MR) is 116 cm³/mol. The van der Waals surface area contributed by atoms with Gasteiger partial charge in [0.25, 0.3) is 5.91 Å². The monoisotopic (exact) mass is 425 g/mol. The Morgan fingerprint density at radius 2 is 1.80 bits per heavy atom. The highest BCUT2D eigenvalue weighted by Gasteiger charge is 2.49. The fourth-order valence-corrected chi connectivity index (χ4v) is 4.05. The Kier molecular flexibility index (Phi) is 5.90. The third kappa shape index (κ3) is 4.11. The van der Waals surface area contributed by atoms with Crippen LogP contribution in [0.2, 0.25) is 5.02 Å². The molecule has 2 unspecified atom stereocenters. The molecule has 8 heteroatoms. The van der Waals surface area contributed by atoms with Crippen LogP contribution < -0.4 is 10.6 Å². The summed E-state index contributed by atoms with van der Waals surface area (Å²) in [6.45, 7) is 1.02. The summed E-state index contributed by atoms with van der Waals surface area (Å²) in [5, 5.41) is 6.35. The van der Waals surface area contributed by atoms with Crippen molar-refractivity contribution < 1.29 is 9.59 Å². The van der Waals surface area contributed by atoms with Crippen LogP contribution in [0.4, 0.5) is 4.79 Å². The van der Waals surface area contributed by atoms with Crippen LogP contribution in [0.3, 0.4) is 0 Å². The molecule has 0 aliphatic carbocycles. The highest BCUT2D eigenvalue weighted by atomic mass is 35.5. The van der Waals surface area contributed by atoms with Crippen molar-refractivity contribution in [3.05, 3.63) is 70.7 Å². The van der Waals surface area contributed by atoms with Gasteiger partial charge in [-0.25, -0.2) is 9.79 Å². The van der Waals surface area contributed by atoms with Crippen LogP contribution in [-0.2, 0) is 17.8 Å². The maximum atomic E-state index is 12.6. The minimum atomic E-state index is -0.520. The molecule has 0 saturated carbocycles. The zero-order valence-corrected chi connectivity index (χ0v) is 17.5. The normalized spacial score (nSPS) is 22.1. The molecular formula is C22H24ClN5O2. The predicted octanol–water partition coefficient (Wildman–Crippen LogP) is 2.61. The lowest BCUT2D eigenvalue weighted by molar-refractivity contribution is -0.127. The minimum absolute atomic E-state index is 0.307. The van der Waals surface area contributed by atoms with Gasteiger partial charge in [0.2, 0.25) is 0 Å². The fraction of sp³-hybridized carbons (Fsp3) is 0.318. The third-order valence-corrected chi connectivity index (χ3v) is 5.85. The van der Waals surface area contributed by atoms with Gasteiger partial charge < -0.3 is 15.1 Å². The summed E-state index contributed by atoms with van der Waals surface area (Å²) >= 11 is 6.26. The van der Waals surface area contributed by atoms with E-state index >= 15 is 0 Å². The second kappa shape index (κ2) is 8.75. The number of carbonyl (C=O) groups is 2. The largest absolute Gasteiger partial charge is 0.333 e. The van der Waals surface area contributed by atoms with Gasteiger partial charge in [-0.1, -0.05) is 60.1 Å². The van der Waals surface area contributed by atoms with E-state index in [-0.39, 0.29) is 5.91 Å². The first-order valence-electron chi connectivity index (χ1n) is 9.97. The first kappa shape index (κ1) is 20.2. The van der Waals surface area contributed by atoms with Gasteiger partial charge in [-0.3, -0.25) is 10.1 Å². The lowest BCUT2D eigenvalue weighted by Crippen LogP contribution is -2.64. The molecule has 3 amide bonds. The Labute approximate surface area is 180 Å². The number of imide groups is 1. The highest BCUT2D eigenvalue weighted by molar-refractivity contribution is 6.31. The second-order valence-corrected chi connectivity index (χ2v) is 7.86. The van der Waals surface area contributed by atoms with Crippen LogP contribution in [0.1, 0.15) is 17.5 Å². The number of fused-ring (bicyclic) bond motifs is 1. The van der Waals surface area contributed by atoms with Gasteiger partial charge in [0.15, 0.2) is 12.0 Å². The molecule has 0 aromatic heterocycles. The summed E-state index contributed by atoms with van der Waals surface area (Å²) in [5.74, 6) is 0.299. The van der Waals surface area contributed by atoms with Crippen molar-refractivity contribution in [2.45, 2.75) is 31.6 Å². The topological polar surface area (TPSA) is 77.0 Å². The fourth-order valence-electron chi connectivity index (χ4n) is 3.85. The number of carbonyl (C=O) groups excluding carboxylic acids is 2. The van der Waals surface area contributed by atoms with Crippen molar-refractivity contribution in [3.63, 3.8) is 0 Å². The molecule has 2 aromatic carbocycles. The molecule has 7 nitrogen and oxygen atoms in total. The zero-order chi connectivity index (χ0) is 21.1. The second-order valence-electron chi connectivity index (χ2n) is 7.45. The highest BCUT2D eigenvalue weighted by Crippen LogP contribution is 2.22. The maximum absolute atomic E-state index is 12.6. The molecule has 2 aliphatic rings. The van der Waals surface area contributed by atoms with E-state index in [0.29, 0.717) is 24.1 Å². The standard InChI is InChI=1S/C22H24ClN5O2/c1-27-19-18(20(29)26-22(27)30)28(13-7-10-15-8-3-2-4-9-15)21(25-19)24-14-16-11-5-6-12-17(16)23/h2-6,8-9,11-12,18-19H,7,10,13-14H2,1H3,(H,24,25)(H,26,29,30). The average molecular weight is 426 g/mol. The number of guanidine groups is 1. The SMILES string of the molecule is CN1C(=O)NC(=O)C2C1NC(=NCc1ccccc1Cl)N2CCCc1ccccc1. The number of urea groups is 1. The van der Waals surface area contributed by atoms with Crippen molar-refractivity contribution in [2.75, 3.05) is 13.6 Å². The number of benzene rings is 2. The van der Waals surface area contributed by atoms with Gasteiger partial charge in [0.05, 0.1) is 6.54 Å². The molecule has 2 saturated heterocycles. The Bertz CT molecular complexity index is 965. The Hall–Kier alpha value is -3.06. The number of amides is 3. The number of aryl methyl sites for hydroxylation is 1. The summed E-state index contributed by atoms with van der Waals surface area (Å²) in [6, 6.07) is 16.9. The third-order valence-electron chi connectivity index (χ3n) is 5.48. The van der Waals surface area contributed by atoms with E-state index in [1.165, 1.54) is 10.5 Å². The number of aliphatic imine (C=N–C) groups is 1. The smallest absolute Gasteiger partial charge is 0.325 e. The van der Waals surface area contributed by atoms with Crippen molar-refractivity contribution >= 4 is 29.5 Å². The van der Waals surface area contributed by atoms with Gasteiger partial charge in [-0.15, -0.1) is 0 Å². The lowest BCUT2D eigenvalue weighted by Gasteiger charge is -2.35. The quantitative estimate of drug-likeness (QED) is 0.745. The van der Waals surface area contributed by atoms with Crippen molar-refractivity contribution in [1.29, 1.82) is 0 Å². The van der Waals surface area contributed by atoms with Crippen LogP contribution in [0.15, 0.2) is 59.6 Å². The van der Waals surface area contributed by atoms with Gasteiger partial charge in [-0.2, -0.15) is 0 Å². The summed E-state index contributed by atoms with van der Waals surface area (Å²) in [5.41, 5.74) is 2.15. The van der Waals surface area contributed by atoms with Crippen LogP contribution in [0, 0.1) is 0 Å². The number of hydrogen-bond donors (Lipinski definition) is 2. The molecule has 0 spiro atoms. The van der Waals surface area contributed by atoms with Crippen molar-refractivity contribution in [1.82, 2.24) is 20.4 Å². The molecule has 30 heavy (non-hydrogen) atoms. The summed E-state index contributed by atoms with van der Waals surface area (Å²) < 4.78 is 0. The summed E-state index contributed by atoms with van der Waals surface area (Å²) in [4.78, 5) is 32.9. The number of halogens is 1. The van der Waals surface area contributed by atoms with Gasteiger partial charge in [0, 0.05) is 18.6 Å². The molecule has 2 fully saturated rings. The Balaban J connectivity index is 1.54. The molecule has 0 radical (unpaired) electrons. The number of nitrogens with one attached hydrogen (secondary N) is 2. The Morgan fingerprint density at radius 3 is 2.57 bits per heavy atom. The zero-order valence-electron chi connectivity index (χ0n) is 16.7. The molecule has 2 aromatic rings. The number of nitrogens with zero attached hydrogens (tertiary/aromatic N) is 3. The number of hydrogen-bond acceptors (Lipinski definition) is 3. The number of rotatable bonds is 6. The molecule has 2 N–H and O–H groups in total. The lowest BCUT2D eigenvalue weighted by atomic mass is 10.1. The first-order valence-corrected chi connectivity index (χ1v) is 10.3. The van der Waals surface area contributed by atoms with Crippen LogP contribution >= 0.6 is 11.6 Å². The minimum Gasteiger partial charge on any atom is -0.333 e. The molecule has 2 heterocycles. The molecule has 0 bridgehead atoms. The van der Waals surface area contributed by atoms with E-state index in [1.807, 2.05) is 47.4 Å². The molecule has 2 atom stereocenters. The van der Waals surface area contributed by atoms with E-state index < -0.39 is 18.2 Å². The molecule has 4 rings (SSSR count). The molecule has 156 valence electrons. The van der Waals surface area contributed by atoms with E-state index in [0.717, 1.165) is 18.4 Å². The van der Waals surface area contributed by atoms with Crippen LogP contribution in [-0.4, -0.2) is 53.5 Å². The number of likely N-dealkylation sites (N-methyl/N-ethyl adjacent to an activating group) is 1.